The average molecular weight is 336 g/mol. The van der Waals surface area contributed by atoms with Gasteiger partial charge in [0.1, 0.15) is 10.8 Å². The Hall–Kier alpha value is -2.47. The molecule has 0 radical (unpaired) electrons. The van der Waals surface area contributed by atoms with Crippen molar-refractivity contribution in [1.82, 2.24) is 9.97 Å². The summed E-state index contributed by atoms with van der Waals surface area (Å²) < 4.78 is 33.1. The Bertz CT molecular complexity index is 889. The minimum atomic E-state index is -1.17. The van der Waals surface area contributed by atoms with Crippen LogP contribution in [-0.4, -0.2) is 24.1 Å². The van der Waals surface area contributed by atoms with Crippen LogP contribution in [0.15, 0.2) is 36.5 Å². The molecule has 118 valence electrons. The van der Waals surface area contributed by atoms with E-state index >= 15 is 0 Å². The maximum atomic E-state index is 14.2. The summed E-state index contributed by atoms with van der Waals surface area (Å²) in [4.78, 5) is 10.0. The Morgan fingerprint density at radius 3 is 2.52 bits per heavy atom. The minimum Gasteiger partial charge on any atom is -0.495 e. The molecule has 0 amide bonds. The standard InChI is InChI=1S/C16H12ClF2N3O/c1-22(11-7-12(23-2)14(17)16(19)15(11)18)13-8-20-9-5-3-4-6-10(9)21-13/h3-8H,1-2H3. The minimum absolute atomic E-state index is 0.0427. The van der Waals surface area contributed by atoms with E-state index in [1.54, 1.807) is 13.1 Å². The van der Waals surface area contributed by atoms with Gasteiger partial charge in [-0.2, -0.15) is 0 Å². The number of fused-ring (bicyclic) bond motifs is 1. The van der Waals surface area contributed by atoms with E-state index < -0.39 is 16.7 Å². The molecule has 0 aliphatic carbocycles. The lowest BCUT2D eigenvalue weighted by Crippen LogP contribution is -2.14. The van der Waals surface area contributed by atoms with Gasteiger partial charge in [0.15, 0.2) is 17.5 Å². The summed E-state index contributed by atoms with van der Waals surface area (Å²) in [7, 11) is 2.89. The van der Waals surface area contributed by atoms with Gasteiger partial charge in [0.05, 0.1) is 30.0 Å². The summed E-state index contributed by atoms with van der Waals surface area (Å²) in [6.45, 7) is 0. The molecule has 0 fully saturated rings. The number of ether oxygens (including phenoxy) is 1. The van der Waals surface area contributed by atoms with Gasteiger partial charge in [0, 0.05) is 13.1 Å². The van der Waals surface area contributed by atoms with Gasteiger partial charge in [-0.05, 0) is 12.1 Å². The Morgan fingerprint density at radius 1 is 1.13 bits per heavy atom. The molecule has 7 heteroatoms. The monoisotopic (exact) mass is 335 g/mol. The Kier molecular flexibility index (Phi) is 4.00. The Labute approximate surface area is 136 Å². The largest absolute Gasteiger partial charge is 0.495 e. The smallest absolute Gasteiger partial charge is 0.184 e. The fourth-order valence-corrected chi connectivity index (χ4v) is 2.41. The molecule has 0 saturated carbocycles. The van der Waals surface area contributed by atoms with Crippen LogP contribution in [0.2, 0.25) is 5.02 Å². The van der Waals surface area contributed by atoms with Crippen molar-refractivity contribution in [2.45, 2.75) is 0 Å². The van der Waals surface area contributed by atoms with E-state index in [-0.39, 0.29) is 11.4 Å². The number of aromatic nitrogens is 2. The molecule has 0 aliphatic rings. The SMILES string of the molecule is COc1cc(N(C)c2cnc3ccccc3n2)c(F)c(F)c1Cl. The number of methoxy groups -OCH3 is 1. The third-order valence-electron chi connectivity index (χ3n) is 3.46. The summed E-state index contributed by atoms with van der Waals surface area (Å²) in [5.41, 5.74) is 1.32. The van der Waals surface area contributed by atoms with Crippen molar-refractivity contribution in [2.75, 3.05) is 19.1 Å². The van der Waals surface area contributed by atoms with Crippen molar-refractivity contribution in [1.29, 1.82) is 0 Å². The second-order valence-corrected chi connectivity index (χ2v) is 5.19. The maximum Gasteiger partial charge on any atom is 0.184 e. The van der Waals surface area contributed by atoms with Crippen LogP contribution in [0, 0.1) is 11.6 Å². The molecular formula is C16H12ClF2N3O. The molecule has 0 bridgehead atoms. The molecule has 4 nitrogen and oxygen atoms in total. The molecule has 0 unspecified atom stereocenters. The van der Waals surface area contributed by atoms with Gasteiger partial charge in [-0.1, -0.05) is 23.7 Å². The van der Waals surface area contributed by atoms with Gasteiger partial charge in [-0.15, -0.1) is 0 Å². The number of halogens is 3. The lowest BCUT2D eigenvalue weighted by atomic mass is 10.2. The topological polar surface area (TPSA) is 38.2 Å². The Balaban J connectivity index is 2.11. The summed E-state index contributed by atoms with van der Waals surface area (Å²) in [6, 6.07) is 8.60. The van der Waals surface area contributed by atoms with Crippen molar-refractivity contribution in [3.05, 3.63) is 53.2 Å². The molecule has 2 aromatic carbocycles. The predicted octanol–water partition coefficient (Wildman–Crippen LogP) is 4.34. The maximum absolute atomic E-state index is 14.2. The van der Waals surface area contributed by atoms with Crippen LogP contribution in [-0.2, 0) is 0 Å². The fraction of sp³-hybridized carbons (Fsp3) is 0.125. The van der Waals surface area contributed by atoms with Crippen molar-refractivity contribution in [3.8, 4) is 5.75 Å². The van der Waals surface area contributed by atoms with Gasteiger partial charge in [-0.3, -0.25) is 4.98 Å². The summed E-state index contributed by atoms with van der Waals surface area (Å²) in [5, 5.41) is -0.397. The summed E-state index contributed by atoms with van der Waals surface area (Å²) in [5.74, 6) is -1.83. The van der Waals surface area contributed by atoms with E-state index in [0.717, 1.165) is 0 Å². The number of benzene rings is 2. The van der Waals surface area contributed by atoms with Crippen LogP contribution >= 0.6 is 11.6 Å². The van der Waals surface area contributed by atoms with Crippen molar-refractivity contribution in [2.24, 2.45) is 0 Å². The third-order valence-corrected chi connectivity index (χ3v) is 3.81. The summed E-state index contributed by atoms with van der Waals surface area (Å²) in [6.07, 6.45) is 1.49. The summed E-state index contributed by atoms with van der Waals surface area (Å²) >= 11 is 5.71. The molecule has 1 aromatic heterocycles. The molecule has 0 atom stereocenters. The van der Waals surface area contributed by atoms with E-state index in [1.807, 2.05) is 18.2 Å². The number of para-hydroxylation sites is 2. The fourth-order valence-electron chi connectivity index (χ4n) is 2.19. The second kappa shape index (κ2) is 5.96. The average Bonchev–Trinajstić information content (AvgIpc) is 2.59. The first kappa shape index (κ1) is 15.4. The van der Waals surface area contributed by atoms with Crippen molar-refractivity contribution in [3.63, 3.8) is 0 Å². The van der Waals surface area contributed by atoms with E-state index in [0.29, 0.717) is 16.9 Å². The van der Waals surface area contributed by atoms with E-state index in [4.69, 9.17) is 16.3 Å². The van der Waals surface area contributed by atoms with E-state index in [1.165, 1.54) is 24.3 Å². The first-order chi connectivity index (χ1) is 11.0. The number of anilines is 2. The first-order valence-electron chi connectivity index (χ1n) is 6.70. The van der Waals surface area contributed by atoms with Crippen molar-refractivity contribution >= 4 is 34.1 Å². The highest BCUT2D eigenvalue weighted by Gasteiger charge is 2.21. The molecule has 1 heterocycles. The van der Waals surface area contributed by atoms with Crippen LogP contribution in [0.1, 0.15) is 0 Å². The molecule has 0 N–H and O–H groups in total. The highest BCUT2D eigenvalue weighted by atomic mass is 35.5. The van der Waals surface area contributed by atoms with E-state index in [2.05, 4.69) is 9.97 Å². The van der Waals surface area contributed by atoms with Crippen LogP contribution in [0.5, 0.6) is 5.75 Å². The molecular weight excluding hydrogens is 324 g/mol. The molecule has 0 aliphatic heterocycles. The van der Waals surface area contributed by atoms with Crippen molar-refractivity contribution < 1.29 is 13.5 Å². The van der Waals surface area contributed by atoms with E-state index in [9.17, 15) is 8.78 Å². The first-order valence-corrected chi connectivity index (χ1v) is 7.07. The number of hydrogen-bond acceptors (Lipinski definition) is 4. The zero-order chi connectivity index (χ0) is 16.6. The molecule has 23 heavy (non-hydrogen) atoms. The highest BCUT2D eigenvalue weighted by molar-refractivity contribution is 6.32. The lowest BCUT2D eigenvalue weighted by molar-refractivity contribution is 0.407. The molecule has 3 aromatic rings. The Morgan fingerprint density at radius 2 is 1.83 bits per heavy atom. The van der Waals surface area contributed by atoms with Crippen LogP contribution < -0.4 is 9.64 Å². The second-order valence-electron chi connectivity index (χ2n) is 4.82. The van der Waals surface area contributed by atoms with Crippen LogP contribution in [0.4, 0.5) is 20.3 Å². The van der Waals surface area contributed by atoms with Gasteiger partial charge >= 0.3 is 0 Å². The van der Waals surface area contributed by atoms with Gasteiger partial charge in [-0.25, -0.2) is 13.8 Å². The third kappa shape index (κ3) is 2.66. The lowest BCUT2D eigenvalue weighted by Gasteiger charge is -2.20. The van der Waals surface area contributed by atoms with Gasteiger partial charge < -0.3 is 9.64 Å². The molecule has 3 rings (SSSR count). The number of rotatable bonds is 3. The normalized spacial score (nSPS) is 10.8. The predicted molar refractivity (Wildman–Crippen MR) is 85.5 cm³/mol. The van der Waals surface area contributed by atoms with Gasteiger partial charge in [0.25, 0.3) is 0 Å². The zero-order valence-electron chi connectivity index (χ0n) is 12.3. The number of nitrogens with zero attached hydrogens (tertiary/aromatic N) is 3. The van der Waals surface area contributed by atoms with Gasteiger partial charge in [0.2, 0.25) is 0 Å². The zero-order valence-corrected chi connectivity index (χ0v) is 13.1. The van der Waals surface area contributed by atoms with Crippen LogP contribution in [0.3, 0.4) is 0 Å². The van der Waals surface area contributed by atoms with Crippen LogP contribution in [0.25, 0.3) is 11.0 Å². The number of hydrogen-bond donors (Lipinski definition) is 0. The molecule has 0 saturated heterocycles. The highest BCUT2D eigenvalue weighted by Crippen LogP contribution is 2.37. The molecule has 0 spiro atoms. The quantitative estimate of drug-likeness (QED) is 0.667.